The molecule has 0 bridgehead atoms. The zero-order valence-electron chi connectivity index (χ0n) is 17.8. The van der Waals surface area contributed by atoms with Crippen LogP contribution in [0.1, 0.15) is 30.0 Å². The molecule has 3 aromatic heterocycles. The topological polar surface area (TPSA) is 90.6 Å². The molecule has 0 radical (unpaired) electrons. The Morgan fingerprint density at radius 3 is 2.44 bits per heavy atom. The average molecular weight is 546 g/mol. The van der Waals surface area contributed by atoms with E-state index in [1.165, 1.54) is 26.1 Å². The third-order valence-corrected chi connectivity index (χ3v) is 7.76. The number of aromatic nitrogens is 5. The van der Waals surface area contributed by atoms with Crippen molar-refractivity contribution in [3.63, 3.8) is 0 Å². The molecule has 0 amide bonds. The molecule has 0 saturated carbocycles. The number of aryl methyl sites for hydroxylation is 1. The number of thioether (sulfide) groups is 1. The molecule has 0 spiro atoms. The lowest BCUT2D eigenvalue weighted by atomic mass is 10.2. The highest BCUT2D eigenvalue weighted by Gasteiger charge is 2.36. The molecule has 16 heteroatoms. The molecule has 0 aromatic carbocycles. The second-order valence-corrected chi connectivity index (χ2v) is 11.3. The molecule has 1 unspecified atom stereocenters. The summed E-state index contributed by atoms with van der Waals surface area (Å²) < 4.78 is 103. The largest absolute Gasteiger partial charge is 0.442 e. The van der Waals surface area contributed by atoms with Gasteiger partial charge in [0, 0.05) is 12.5 Å². The Balaban J connectivity index is 2.15. The number of alkyl halides is 6. The first kappa shape index (κ1) is 26.4. The molecule has 7 nitrogen and oxygen atoms in total. The van der Waals surface area contributed by atoms with E-state index in [-0.39, 0.29) is 55.7 Å². The van der Waals surface area contributed by atoms with Crippen LogP contribution in [-0.2, 0) is 16.4 Å². The Kier molecular flexibility index (Phi) is 7.34. The zero-order chi connectivity index (χ0) is 25.5. The van der Waals surface area contributed by atoms with E-state index in [9.17, 15) is 34.8 Å². The van der Waals surface area contributed by atoms with Crippen LogP contribution in [0.25, 0.3) is 21.1 Å². The third-order valence-electron chi connectivity index (χ3n) is 4.39. The van der Waals surface area contributed by atoms with Crippen LogP contribution in [0, 0.1) is 6.92 Å². The van der Waals surface area contributed by atoms with Gasteiger partial charge in [-0.05, 0) is 31.2 Å². The molecular formula is C18H17F6N5O2S3. The SMILES string of the molecule is CCC(SC(F)(F)F)c1cc(-c2sc(-c3cncnc3S(C)(=O)=O)nc2C)n(CC(F)(F)F)n1. The molecule has 0 aliphatic heterocycles. The van der Waals surface area contributed by atoms with Gasteiger partial charge in [0.05, 0.1) is 32.8 Å². The van der Waals surface area contributed by atoms with Crippen LogP contribution in [0.4, 0.5) is 26.3 Å². The van der Waals surface area contributed by atoms with Crippen LogP contribution in [-0.4, -0.2) is 51.1 Å². The van der Waals surface area contributed by atoms with Crippen molar-refractivity contribution in [3.05, 3.63) is 30.0 Å². The van der Waals surface area contributed by atoms with Crippen LogP contribution in [0.3, 0.4) is 0 Å². The first-order valence-corrected chi connectivity index (χ1v) is 13.0. The van der Waals surface area contributed by atoms with Crippen molar-refractivity contribution >= 4 is 32.9 Å². The number of rotatable bonds is 7. The monoisotopic (exact) mass is 545 g/mol. The first-order chi connectivity index (χ1) is 15.6. The number of thiazole rings is 1. The highest BCUT2D eigenvalue weighted by Crippen LogP contribution is 2.45. The van der Waals surface area contributed by atoms with E-state index >= 15 is 0 Å². The lowest BCUT2D eigenvalue weighted by molar-refractivity contribution is -0.142. The van der Waals surface area contributed by atoms with Crippen LogP contribution < -0.4 is 0 Å². The Bertz CT molecular complexity index is 1280. The third kappa shape index (κ3) is 6.27. The van der Waals surface area contributed by atoms with E-state index in [1.54, 1.807) is 0 Å². The smallest absolute Gasteiger partial charge is 0.255 e. The predicted molar refractivity (Wildman–Crippen MR) is 115 cm³/mol. The van der Waals surface area contributed by atoms with Gasteiger partial charge in [-0.2, -0.15) is 31.4 Å². The van der Waals surface area contributed by atoms with Gasteiger partial charge in [-0.1, -0.05) is 6.92 Å². The second kappa shape index (κ2) is 9.45. The fourth-order valence-electron chi connectivity index (χ4n) is 3.09. The van der Waals surface area contributed by atoms with Crippen molar-refractivity contribution in [2.45, 2.75) is 48.8 Å². The van der Waals surface area contributed by atoms with Crippen molar-refractivity contribution in [1.29, 1.82) is 0 Å². The Labute approximate surface area is 198 Å². The molecule has 0 fully saturated rings. The first-order valence-electron chi connectivity index (χ1n) is 9.46. The fourth-order valence-corrected chi connectivity index (χ4v) is 5.77. The van der Waals surface area contributed by atoms with Crippen LogP contribution in [0.15, 0.2) is 23.6 Å². The van der Waals surface area contributed by atoms with E-state index in [2.05, 4.69) is 20.1 Å². The Morgan fingerprint density at radius 2 is 1.88 bits per heavy atom. The van der Waals surface area contributed by atoms with Gasteiger partial charge >= 0.3 is 11.7 Å². The van der Waals surface area contributed by atoms with E-state index in [0.29, 0.717) is 4.68 Å². The molecular weight excluding hydrogens is 528 g/mol. The van der Waals surface area contributed by atoms with E-state index < -0.39 is 33.3 Å². The van der Waals surface area contributed by atoms with Crippen molar-refractivity contribution in [2.24, 2.45) is 0 Å². The van der Waals surface area contributed by atoms with Crippen LogP contribution in [0.5, 0.6) is 0 Å². The quantitative estimate of drug-likeness (QED) is 0.288. The van der Waals surface area contributed by atoms with Crippen molar-refractivity contribution in [3.8, 4) is 21.1 Å². The second-order valence-electron chi connectivity index (χ2n) is 7.14. The molecule has 1 atom stereocenters. The molecule has 3 aromatic rings. The van der Waals surface area contributed by atoms with E-state index in [0.717, 1.165) is 23.9 Å². The van der Waals surface area contributed by atoms with Crippen molar-refractivity contribution < 1.29 is 34.8 Å². The highest BCUT2D eigenvalue weighted by atomic mass is 32.2. The maximum atomic E-state index is 13.2. The summed E-state index contributed by atoms with van der Waals surface area (Å²) in [5, 5.41) is 2.46. The fraction of sp³-hybridized carbons (Fsp3) is 0.444. The van der Waals surface area contributed by atoms with Gasteiger partial charge < -0.3 is 0 Å². The maximum Gasteiger partial charge on any atom is 0.442 e. The van der Waals surface area contributed by atoms with Gasteiger partial charge in [0.1, 0.15) is 17.9 Å². The van der Waals surface area contributed by atoms with Gasteiger partial charge in [0.2, 0.25) is 0 Å². The van der Waals surface area contributed by atoms with Crippen LogP contribution >= 0.6 is 23.1 Å². The number of sulfone groups is 1. The summed E-state index contributed by atoms with van der Waals surface area (Å²) in [4.78, 5) is 12.0. The summed E-state index contributed by atoms with van der Waals surface area (Å²) in [6, 6.07) is 1.18. The summed E-state index contributed by atoms with van der Waals surface area (Å²) in [7, 11) is -3.77. The lowest BCUT2D eigenvalue weighted by Crippen LogP contribution is -2.19. The molecule has 0 aliphatic rings. The molecule has 0 aliphatic carbocycles. The number of nitrogens with zero attached hydrogens (tertiary/aromatic N) is 5. The average Bonchev–Trinajstić information content (AvgIpc) is 3.26. The normalized spacial score (nSPS) is 13.9. The summed E-state index contributed by atoms with van der Waals surface area (Å²) >= 11 is 0.518. The summed E-state index contributed by atoms with van der Waals surface area (Å²) in [5.41, 5.74) is -4.52. The minimum Gasteiger partial charge on any atom is -0.255 e. The number of halogens is 6. The highest BCUT2D eigenvalue weighted by molar-refractivity contribution is 8.00. The van der Waals surface area contributed by atoms with Crippen LogP contribution in [0.2, 0.25) is 0 Å². The summed E-state index contributed by atoms with van der Waals surface area (Å²) in [5.74, 6) is 0. The number of hydrogen-bond acceptors (Lipinski definition) is 8. The molecule has 0 N–H and O–H groups in total. The van der Waals surface area contributed by atoms with E-state index in [1.807, 2.05) is 0 Å². The van der Waals surface area contributed by atoms with Gasteiger partial charge in [0.25, 0.3) is 0 Å². The predicted octanol–water partition coefficient (Wildman–Crippen LogP) is 5.44. The molecule has 3 rings (SSSR count). The Morgan fingerprint density at radius 1 is 1.21 bits per heavy atom. The van der Waals surface area contributed by atoms with Gasteiger partial charge in [-0.15, -0.1) is 11.3 Å². The molecule has 0 saturated heterocycles. The van der Waals surface area contributed by atoms with Gasteiger partial charge in [-0.25, -0.2) is 23.4 Å². The summed E-state index contributed by atoms with van der Waals surface area (Å²) in [6.07, 6.45) is -1.51. The van der Waals surface area contributed by atoms with Crippen molar-refractivity contribution in [2.75, 3.05) is 6.26 Å². The minimum atomic E-state index is -4.69. The minimum absolute atomic E-state index is 0.0152. The number of hydrogen-bond donors (Lipinski definition) is 0. The van der Waals surface area contributed by atoms with E-state index in [4.69, 9.17) is 0 Å². The lowest BCUT2D eigenvalue weighted by Gasteiger charge is -2.14. The zero-order valence-corrected chi connectivity index (χ0v) is 20.2. The maximum absolute atomic E-state index is 13.2. The van der Waals surface area contributed by atoms with Crippen molar-refractivity contribution in [1.82, 2.24) is 24.7 Å². The Hall–Kier alpha value is -2.20. The molecule has 186 valence electrons. The molecule has 34 heavy (non-hydrogen) atoms. The van der Waals surface area contributed by atoms with Gasteiger partial charge in [0.15, 0.2) is 14.9 Å². The van der Waals surface area contributed by atoms with Gasteiger partial charge in [-0.3, -0.25) is 4.68 Å². The molecule has 3 heterocycles. The summed E-state index contributed by atoms with van der Waals surface area (Å²) in [6.45, 7) is 1.45. The standard InChI is InChI=1S/C18H17F6N5O2S3/c1-4-13(33-18(22,23)24)11-5-12(29(28-11)7-17(19,20)21)14-9(2)27-15(32-14)10-6-25-8-26-16(10)34(3,30)31/h5-6,8,13H,4,7H2,1-3H3.